The minimum absolute atomic E-state index is 0.393. The number of fused-ring (bicyclic) bond motifs is 1. The Morgan fingerprint density at radius 2 is 1.73 bits per heavy atom. The predicted molar refractivity (Wildman–Crippen MR) is 85.8 cm³/mol. The summed E-state index contributed by atoms with van der Waals surface area (Å²) in [6.45, 7) is 9.82. The highest BCUT2D eigenvalue weighted by atomic mass is 16.7. The number of aromatic nitrogens is 1. The number of carbonyl (C=O) groups is 1. The molecule has 0 radical (unpaired) electrons. The van der Waals surface area contributed by atoms with Gasteiger partial charge in [0.1, 0.15) is 0 Å². The summed E-state index contributed by atoms with van der Waals surface area (Å²) in [5.41, 5.74) is 1.47. The minimum Gasteiger partial charge on any atom is -0.464 e. The van der Waals surface area contributed by atoms with Crippen molar-refractivity contribution in [2.75, 3.05) is 0 Å². The van der Waals surface area contributed by atoms with Crippen molar-refractivity contribution in [2.24, 2.45) is 0 Å². The molecule has 1 saturated heterocycles. The van der Waals surface area contributed by atoms with E-state index in [-0.39, 0.29) is 0 Å². The molecule has 0 bridgehead atoms. The zero-order valence-electron chi connectivity index (χ0n) is 13.5. The lowest BCUT2D eigenvalue weighted by atomic mass is 9.78. The molecule has 0 spiro atoms. The van der Waals surface area contributed by atoms with Crippen LogP contribution >= 0.6 is 0 Å². The van der Waals surface area contributed by atoms with Crippen LogP contribution in [-0.4, -0.2) is 34.1 Å². The molecule has 3 rings (SSSR count). The van der Waals surface area contributed by atoms with E-state index in [9.17, 15) is 9.90 Å². The van der Waals surface area contributed by atoms with Crippen LogP contribution in [0.1, 0.15) is 33.4 Å². The smallest absolute Gasteiger partial charge is 0.464 e. The minimum atomic E-state index is -0.976. The molecule has 1 aromatic heterocycles. The molecule has 0 atom stereocenters. The SMILES string of the molecule is Cc1cc2cc(B3OC(C)(C)C(C)(C)O3)ccc2n1C(=O)O. The van der Waals surface area contributed by atoms with Crippen molar-refractivity contribution < 1.29 is 19.2 Å². The lowest BCUT2D eigenvalue weighted by Gasteiger charge is -2.32. The molecule has 0 saturated carbocycles. The van der Waals surface area contributed by atoms with Crippen LogP contribution in [0, 0.1) is 6.92 Å². The lowest BCUT2D eigenvalue weighted by molar-refractivity contribution is 0.00578. The summed E-state index contributed by atoms with van der Waals surface area (Å²) in [7, 11) is -0.442. The van der Waals surface area contributed by atoms with Crippen LogP contribution in [0.4, 0.5) is 4.79 Å². The Hall–Kier alpha value is -1.79. The Morgan fingerprint density at radius 3 is 2.27 bits per heavy atom. The zero-order chi connectivity index (χ0) is 16.3. The molecule has 1 aliphatic rings. The molecular formula is C16H20BNO4. The van der Waals surface area contributed by atoms with Gasteiger partial charge in [0.15, 0.2) is 0 Å². The van der Waals surface area contributed by atoms with E-state index in [1.54, 1.807) is 13.0 Å². The summed E-state index contributed by atoms with van der Waals surface area (Å²) in [6, 6.07) is 7.46. The molecule has 0 unspecified atom stereocenters. The van der Waals surface area contributed by atoms with Gasteiger partial charge in [0, 0.05) is 11.1 Å². The number of carboxylic acid groups (broad SMARTS) is 1. The largest absolute Gasteiger partial charge is 0.494 e. The second-order valence-electron chi connectivity index (χ2n) is 6.81. The maximum Gasteiger partial charge on any atom is 0.494 e. The van der Waals surface area contributed by atoms with Gasteiger partial charge in [-0.15, -0.1) is 0 Å². The van der Waals surface area contributed by atoms with Crippen molar-refractivity contribution in [3.8, 4) is 0 Å². The van der Waals surface area contributed by atoms with Gasteiger partial charge in [0.2, 0.25) is 0 Å². The summed E-state index contributed by atoms with van der Waals surface area (Å²) in [5.74, 6) is 0. The molecule has 2 heterocycles. The molecule has 1 fully saturated rings. The van der Waals surface area contributed by atoms with Gasteiger partial charge in [-0.1, -0.05) is 12.1 Å². The van der Waals surface area contributed by atoms with E-state index in [1.807, 2.05) is 45.9 Å². The third kappa shape index (κ3) is 2.14. The summed E-state index contributed by atoms with van der Waals surface area (Å²) in [6.07, 6.45) is -0.976. The third-order valence-corrected chi connectivity index (χ3v) is 4.73. The highest BCUT2D eigenvalue weighted by molar-refractivity contribution is 6.62. The molecule has 116 valence electrons. The molecule has 22 heavy (non-hydrogen) atoms. The monoisotopic (exact) mass is 301 g/mol. The number of hydrogen-bond donors (Lipinski definition) is 1. The van der Waals surface area contributed by atoms with Crippen LogP contribution in [0.2, 0.25) is 0 Å². The van der Waals surface area contributed by atoms with E-state index in [0.29, 0.717) is 11.2 Å². The maximum atomic E-state index is 11.3. The Balaban J connectivity index is 2.03. The fourth-order valence-corrected chi connectivity index (χ4v) is 2.75. The van der Waals surface area contributed by atoms with Gasteiger partial charge in [-0.05, 0) is 52.2 Å². The fourth-order valence-electron chi connectivity index (χ4n) is 2.75. The number of aryl methyl sites for hydroxylation is 1. The standard InChI is InChI=1S/C16H20BNO4/c1-10-8-11-9-12(6-7-13(11)18(10)14(19)20)17-21-15(2,3)16(4,5)22-17/h6-9H,1-5H3,(H,19,20). The first kappa shape index (κ1) is 15.1. The number of nitrogens with zero attached hydrogens (tertiary/aromatic N) is 1. The summed E-state index contributed by atoms with van der Waals surface area (Å²) >= 11 is 0. The highest BCUT2D eigenvalue weighted by Crippen LogP contribution is 2.36. The maximum absolute atomic E-state index is 11.3. The Bertz CT molecular complexity index is 747. The van der Waals surface area contributed by atoms with Crippen molar-refractivity contribution in [3.63, 3.8) is 0 Å². The second kappa shape index (κ2) is 4.60. The summed E-state index contributed by atoms with van der Waals surface area (Å²) < 4.78 is 13.4. The van der Waals surface area contributed by atoms with Gasteiger partial charge >= 0.3 is 13.2 Å². The third-order valence-electron chi connectivity index (χ3n) is 4.73. The lowest BCUT2D eigenvalue weighted by Crippen LogP contribution is -2.41. The number of benzene rings is 1. The van der Waals surface area contributed by atoms with Gasteiger partial charge in [-0.25, -0.2) is 4.79 Å². The number of rotatable bonds is 1. The normalized spacial score (nSPS) is 19.8. The van der Waals surface area contributed by atoms with E-state index < -0.39 is 24.4 Å². The predicted octanol–water partition coefficient (Wildman–Crippen LogP) is 2.78. The van der Waals surface area contributed by atoms with E-state index in [1.165, 1.54) is 4.57 Å². The fraction of sp³-hybridized carbons (Fsp3) is 0.438. The molecule has 5 nitrogen and oxygen atoms in total. The highest BCUT2D eigenvalue weighted by Gasteiger charge is 2.51. The number of hydrogen-bond acceptors (Lipinski definition) is 3. The average Bonchev–Trinajstić information content (AvgIpc) is 2.81. The van der Waals surface area contributed by atoms with Gasteiger partial charge < -0.3 is 14.4 Å². The van der Waals surface area contributed by atoms with E-state index in [4.69, 9.17) is 9.31 Å². The quantitative estimate of drug-likeness (QED) is 0.823. The Morgan fingerprint density at radius 1 is 1.14 bits per heavy atom. The van der Waals surface area contributed by atoms with Crippen LogP contribution < -0.4 is 5.46 Å². The summed E-state index contributed by atoms with van der Waals surface area (Å²) in [5, 5.41) is 10.2. The van der Waals surface area contributed by atoms with Crippen LogP contribution in [0.5, 0.6) is 0 Å². The van der Waals surface area contributed by atoms with Gasteiger partial charge in [-0.2, -0.15) is 0 Å². The molecule has 1 aromatic carbocycles. The zero-order valence-corrected chi connectivity index (χ0v) is 13.5. The average molecular weight is 301 g/mol. The molecule has 2 aromatic rings. The van der Waals surface area contributed by atoms with E-state index in [2.05, 4.69) is 0 Å². The van der Waals surface area contributed by atoms with Crippen LogP contribution in [0.15, 0.2) is 24.3 Å². The van der Waals surface area contributed by atoms with Crippen LogP contribution in [0.25, 0.3) is 10.9 Å². The summed E-state index contributed by atoms with van der Waals surface area (Å²) in [4.78, 5) is 11.3. The Kier molecular flexibility index (Phi) is 3.16. The van der Waals surface area contributed by atoms with Gasteiger partial charge in [0.05, 0.1) is 16.7 Å². The van der Waals surface area contributed by atoms with Crippen LogP contribution in [0.3, 0.4) is 0 Å². The molecule has 0 aliphatic carbocycles. The molecule has 6 heteroatoms. The molecule has 0 amide bonds. The topological polar surface area (TPSA) is 60.7 Å². The molecule has 1 aliphatic heterocycles. The Labute approximate surface area is 130 Å². The van der Waals surface area contributed by atoms with Gasteiger partial charge in [0.25, 0.3) is 0 Å². The van der Waals surface area contributed by atoms with E-state index in [0.717, 1.165) is 10.8 Å². The first-order valence-corrected chi connectivity index (χ1v) is 7.33. The first-order chi connectivity index (χ1) is 10.1. The van der Waals surface area contributed by atoms with Crippen molar-refractivity contribution in [1.29, 1.82) is 0 Å². The van der Waals surface area contributed by atoms with Crippen LogP contribution in [-0.2, 0) is 9.31 Å². The van der Waals surface area contributed by atoms with Crippen molar-refractivity contribution in [3.05, 3.63) is 30.0 Å². The van der Waals surface area contributed by atoms with Crippen molar-refractivity contribution >= 4 is 29.6 Å². The van der Waals surface area contributed by atoms with Crippen molar-refractivity contribution in [2.45, 2.75) is 45.8 Å². The molecular weight excluding hydrogens is 281 g/mol. The van der Waals surface area contributed by atoms with E-state index >= 15 is 0 Å². The van der Waals surface area contributed by atoms with Crippen molar-refractivity contribution in [1.82, 2.24) is 4.57 Å². The first-order valence-electron chi connectivity index (χ1n) is 7.33. The second-order valence-corrected chi connectivity index (χ2v) is 6.81. The van der Waals surface area contributed by atoms with Gasteiger partial charge in [-0.3, -0.25) is 4.57 Å². The molecule has 1 N–H and O–H groups in total.